The summed E-state index contributed by atoms with van der Waals surface area (Å²) >= 11 is 0. The topological polar surface area (TPSA) is 64.2 Å². The zero-order valence-electron chi connectivity index (χ0n) is 10.7. The number of hydrogen-bond acceptors (Lipinski definition) is 3. The second-order valence-corrected chi connectivity index (χ2v) is 4.44. The second-order valence-electron chi connectivity index (χ2n) is 4.44. The molecule has 0 atom stereocenters. The molecular formula is C13H16N4O. The van der Waals surface area contributed by atoms with Crippen LogP contribution in [0.25, 0.3) is 5.69 Å². The average molecular weight is 244 g/mol. The first-order valence-corrected chi connectivity index (χ1v) is 5.62. The number of hydrogen-bond donors (Lipinski definition) is 1. The number of anilines is 1. The highest BCUT2D eigenvalue weighted by molar-refractivity contribution is 5.95. The molecule has 0 bridgehead atoms. The highest BCUT2D eigenvalue weighted by Crippen LogP contribution is 2.19. The standard InChI is InChI=1S/C13H16N4O/c1-9-7-15-17(8-9)12-6-10(4-5-11(12)14)13(18)16(2)3/h4-8H,14H2,1-3H3. The minimum Gasteiger partial charge on any atom is -0.397 e. The van der Waals surface area contributed by atoms with Gasteiger partial charge in [0.2, 0.25) is 0 Å². The van der Waals surface area contributed by atoms with Crippen LogP contribution in [0.3, 0.4) is 0 Å². The van der Waals surface area contributed by atoms with Crippen LogP contribution in [0.4, 0.5) is 5.69 Å². The third-order valence-electron chi connectivity index (χ3n) is 2.64. The number of nitrogens with two attached hydrogens (primary N) is 1. The van der Waals surface area contributed by atoms with E-state index in [2.05, 4.69) is 5.10 Å². The SMILES string of the molecule is Cc1cnn(-c2cc(C(=O)N(C)C)ccc2N)c1. The van der Waals surface area contributed by atoms with Gasteiger partial charge in [-0.15, -0.1) is 0 Å². The van der Waals surface area contributed by atoms with Gasteiger partial charge in [-0.1, -0.05) is 0 Å². The van der Waals surface area contributed by atoms with Crippen molar-refractivity contribution in [2.45, 2.75) is 6.92 Å². The molecule has 94 valence electrons. The van der Waals surface area contributed by atoms with Crippen LogP contribution in [0.2, 0.25) is 0 Å². The van der Waals surface area contributed by atoms with Crippen LogP contribution >= 0.6 is 0 Å². The highest BCUT2D eigenvalue weighted by atomic mass is 16.2. The molecule has 0 saturated carbocycles. The molecule has 0 radical (unpaired) electrons. The molecule has 1 heterocycles. The molecule has 2 aromatic rings. The number of carbonyl (C=O) groups is 1. The Morgan fingerprint density at radius 1 is 1.39 bits per heavy atom. The van der Waals surface area contributed by atoms with Crippen LogP contribution in [0, 0.1) is 6.92 Å². The van der Waals surface area contributed by atoms with Crippen LogP contribution in [0.1, 0.15) is 15.9 Å². The van der Waals surface area contributed by atoms with E-state index in [4.69, 9.17) is 5.73 Å². The van der Waals surface area contributed by atoms with E-state index in [0.717, 1.165) is 11.3 Å². The lowest BCUT2D eigenvalue weighted by Gasteiger charge is -2.12. The molecule has 0 spiro atoms. The van der Waals surface area contributed by atoms with Gasteiger partial charge in [-0.2, -0.15) is 5.10 Å². The Morgan fingerprint density at radius 3 is 2.67 bits per heavy atom. The molecule has 0 unspecified atom stereocenters. The summed E-state index contributed by atoms with van der Waals surface area (Å²) in [6, 6.07) is 5.20. The van der Waals surface area contributed by atoms with Crippen molar-refractivity contribution in [1.29, 1.82) is 0 Å². The summed E-state index contributed by atoms with van der Waals surface area (Å²) in [6.07, 6.45) is 3.62. The molecule has 1 aromatic carbocycles. The lowest BCUT2D eigenvalue weighted by molar-refractivity contribution is 0.0827. The summed E-state index contributed by atoms with van der Waals surface area (Å²) in [7, 11) is 3.44. The summed E-state index contributed by atoms with van der Waals surface area (Å²) < 4.78 is 1.68. The fourth-order valence-electron chi connectivity index (χ4n) is 1.68. The first-order chi connectivity index (χ1) is 8.49. The summed E-state index contributed by atoms with van der Waals surface area (Å²) in [5.41, 5.74) is 8.87. The van der Waals surface area contributed by atoms with Gasteiger partial charge >= 0.3 is 0 Å². The fraction of sp³-hybridized carbons (Fsp3) is 0.231. The Balaban J connectivity index is 2.48. The third-order valence-corrected chi connectivity index (χ3v) is 2.64. The molecule has 0 aliphatic heterocycles. The van der Waals surface area contributed by atoms with Gasteiger partial charge in [0.15, 0.2) is 0 Å². The molecule has 0 aliphatic rings. The average Bonchev–Trinajstić information content (AvgIpc) is 2.75. The minimum atomic E-state index is -0.0554. The Hall–Kier alpha value is -2.30. The Kier molecular flexibility index (Phi) is 3.06. The van der Waals surface area contributed by atoms with E-state index in [9.17, 15) is 4.79 Å². The van der Waals surface area contributed by atoms with Crippen molar-refractivity contribution in [3.05, 3.63) is 41.7 Å². The van der Waals surface area contributed by atoms with E-state index < -0.39 is 0 Å². The smallest absolute Gasteiger partial charge is 0.253 e. The van der Waals surface area contributed by atoms with Gasteiger partial charge < -0.3 is 10.6 Å². The summed E-state index contributed by atoms with van der Waals surface area (Å²) in [6.45, 7) is 1.95. The first kappa shape index (κ1) is 12.2. The van der Waals surface area contributed by atoms with Gasteiger partial charge in [0, 0.05) is 25.9 Å². The predicted octanol–water partition coefficient (Wildman–Crippen LogP) is 1.46. The number of nitrogens with zero attached hydrogens (tertiary/aromatic N) is 3. The van der Waals surface area contributed by atoms with Gasteiger partial charge in [0.1, 0.15) is 0 Å². The van der Waals surface area contributed by atoms with E-state index in [0.29, 0.717) is 11.3 Å². The lowest BCUT2D eigenvalue weighted by atomic mass is 10.1. The van der Waals surface area contributed by atoms with E-state index in [1.165, 1.54) is 4.90 Å². The van der Waals surface area contributed by atoms with Crippen molar-refractivity contribution in [2.75, 3.05) is 19.8 Å². The van der Waals surface area contributed by atoms with Crippen LogP contribution in [0.5, 0.6) is 0 Å². The normalized spacial score (nSPS) is 10.4. The molecule has 5 nitrogen and oxygen atoms in total. The summed E-state index contributed by atoms with van der Waals surface area (Å²) in [5, 5.41) is 4.20. The summed E-state index contributed by atoms with van der Waals surface area (Å²) in [5.74, 6) is -0.0554. The molecule has 0 fully saturated rings. The van der Waals surface area contributed by atoms with Gasteiger partial charge in [-0.3, -0.25) is 4.79 Å². The van der Waals surface area contributed by atoms with Crippen molar-refractivity contribution in [3.63, 3.8) is 0 Å². The fourth-order valence-corrected chi connectivity index (χ4v) is 1.68. The second kappa shape index (κ2) is 4.52. The maximum Gasteiger partial charge on any atom is 0.253 e. The van der Waals surface area contributed by atoms with Gasteiger partial charge in [0.05, 0.1) is 17.6 Å². The zero-order valence-corrected chi connectivity index (χ0v) is 10.7. The Labute approximate surface area is 106 Å². The molecule has 5 heteroatoms. The quantitative estimate of drug-likeness (QED) is 0.813. The molecular weight excluding hydrogens is 228 g/mol. The maximum atomic E-state index is 11.9. The number of benzene rings is 1. The Bertz CT molecular complexity index is 586. The van der Waals surface area contributed by atoms with Crippen molar-refractivity contribution in [3.8, 4) is 5.69 Å². The van der Waals surface area contributed by atoms with Crippen molar-refractivity contribution >= 4 is 11.6 Å². The molecule has 0 saturated heterocycles. The Morgan fingerprint density at radius 2 is 2.11 bits per heavy atom. The van der Waals surface area contributed by atoms with Crippen LogP contribution in [0.15, 0.2) is 30.6 Å². The molecule has 18 heavy (non-hydrogen) atoms. The molecule has 1 amide bonds. The number of rotatable bonds is 2. The first-order valence-electron chi connectivity index (χ1n) is 5.62. The number of amides is 1. The van der Waals surface area contributed by atoms with E-state index >= 15 is 0 Å². The van der Waals surface area contributed by atoms with Gasteiger partial charge in [-0.05, 0) is 30.7 Å². The van der Waals surface area contributed by atoms with Crippen molar-refractivity contribution in [2.24, 2.45) is 0 Å². The number of aryl methyl sites for hydroxylation is 1. The highest BCUT2D eigenvalue weighted by Gasteiger charge is 2.11. The summed E-state index contributed by atoms with van der Waals surface area (Å²) in [4.78, 5) is 13.4. The van der Waals surface area contributed by atoms with Gasteiger partial charge in [0.25, 0.3) is 5.91 Å². The molecule has 0 aliphatic carbocycles. The van der Waals surface area contributed by atoms with Crippen molar-refractivity contribution < 1.29 is 4.79 Å². The lowest BCUT2D eigenvalue weighted by Crippen LogP contribution is -2.22. The van der Waals surface area contributed by atoms with Crippen LogP contribution in [-0.4, -0.2) is 34.7 Å². The predicted molar refractivity (Wildman–Crippen MR) is 70.7 cm³/mol. The zero-order chi connectivity index (χ0) is 13.3. The number of aromatic nitrogens is 2. The van der Waals surface area contributed by atoms with E-state index in [-0.39, 0.29) is 5.91 Å². The van der Waals surface area contributed by atoms with Gasteiger partial charge in [-0.25, -0.2) is 4.68 Å². The molecule has 2 rings (SSSR count). The van der Waals surface area contributed by atoms with Crippen LogP contribution in [-0.2, 0) is 0 Å². The number of nitrogen functional groups attached to an aromatic ring is 1. The van der Waals surface area contributed by atoms with Crippen molar-refractivity contribution in [1.82, 2.24) is 14.7 Å². The molecule has 2 N–H and O–H groups in total. The largest absolute Gasteiger partial charge is 0.397 e. The monoisotopic (exact) mass is 244 g/mol. The molecule has 1 aromatic heterocycles. The van der Waals surface area contributed by atoms with E-state index in [1.54, 1.807) is 43.2 Å². The van der Waals surface area contributed by atoms with Crippen LogP contribution < -0.4 is 5.73 Å². The maximum absolute atomic E-state index is 11.9. The number of carbonyl (C=O) groups excluding carboxylic acids is 1. The minimum absolute atomic E-state index is 0.0554. The van der Waals surface area contributed by atoms with E-state index in [1.807, 2.05) is 13.1 Å². The third kappa shape index (κ3) is 2.20.